The second kappa shape index (κ2) is 20.3. The van der Waals surface area contributed by atoms with Crippen LogP contribution in [0.1, 0.15) is 26.2 Å². The number of nitrogens with zero attached hydrogens (tertiary/aromatic N) is 2. The van der Waals surface area contributed by atoms with Crippen molar-refractivity contribution in [2.45, 2.75) is 70.1 Å². The maximum Gasteiger partial charge on any atom is 0.275 e. The first-order valence-electron chi connectivity index (χ1n) is 22.8. The molecule has 0 spiro atoms. The fourth-order valence-electron chi connectivity index (χ4n) is 8.96. The summed E-state index contributed by atoms with van der Waals surface area (Å²) in [6.45, 7) is 11.8. The Hall–Kier alpha value is -5.91. The third kappa shape index (κ3) is 10.9. The van der Waals surface area contributed by atoms with E-state index >= 15 is 0 Å². The average Bonchev–Trinajstić information content (AvgIpc) is 3.31. The van der Waals surface area contributed by atoms with Gasteiger partial charge in [0.1, 0.15) is 5.75 Å². The molecule has 0 bridgehead atoms. The lowest BCUT2D eigenvalue weighted by Crippen LogP contribution is -2.46. The van der Waals surface area contributed by atoms with Crippen molar-refractivity contribution in [2.75, 3.05) is 16.4 Å². The zero-order valence-corrected chi connectivity index (χ0v) is 41.0. The highest BCUT2D eigenvalue weighted by molar-refractivity contribution is 6.89. The van der Waals surface area contributed by atoms with Gasteiger partial charge in [0.05, 0.1) is 18.0 Å². The van der Waals surface area contributed by atoms with Gasteiger partial charge in [-0.1, -0.05) is 135 Å². The minimum atomic E-state index is -1.99. The van der Waals surface area contributed by atoms with E-state index in [1.165, 1.54) is 21.5 Å². The predicted octanol–water partition coefficient (Wildman–Crippen LogP) is 16.6. The number of rotatable bonds is 19. The third-order valence-electron chi connectivity index (χ3n) is 11.8. The molecule has 0 saturated heterocycles. The van der Waals surface area contributed by atoms with Crippen LogP contribution in [0.2, 0.25) is 43.9 Å². The van der Waals surface area contributed by atoms with E-state index in [4.69, 9.17) is 8.85 Å². The van der Waals surface area contributed by atoms with Crippen LogP contribution in [-0.2, 0) is 8.58 Å². The number of benzene rings is 8. The van der Waals surface area contributed by atoms with Crippen LogP contribution in [0.5, 0.6) is 5.75 Å². The van der Waals surface area contributed by atoms with Crippen LogP contribution in [-0.4, -0.2) is 31.9 Å². The molecule has 0 amide bonds. The lowest BCUT2D eigenvalue weighted by atomic mass is 10.0. The molecule has 64 heavy (non-hydrogen) atoms. The number of anilines is 6. The van der Waals surface area contributed by atoms with Crippen molar-refractivity contribution in [3.63, 3.8) is 0 Å². The van der Waals surface area contributed by atoms with Gasteiger partial charge in [0, 0.05) is 39.2 Å². The van der Waals surface area contributed by atoms with E-state index in [0.717, 1.165) is 88.0 Å². The number of para-hydroxylation sites is 1. The van der Waals surface area contributed by atoms with Crippen LogP contribution in [0.3, 0.4) is 0 Å². The summed E-state index contributed by atoms with van der Waals surface area (Å²) in [6, 6.07) is 69.0. The summed E-state index contributed by atoms with van der Waals surface area (Å²) < 4.78 is 25.6. The van der Waals surface area contributed by atoms with Gasteiger partial charge in [0.15, 0.2) is 16.6 Å². The number of ether oxygens (including phenoxy) is 1. The molecule has 0 aromatic heterocycles. The Morgan fingerprint density at radius 2 is 0.938 bits per heavy atom. The standard InChI is InChI=1S/C56H60N2O3Si3/c1-6-62(59)43-64(5,61-63(2,3)4)42-16-8-15-41-60-52-39-37-51(38-40-52)58(56-28-18-22-47-20-12-14-26-54(47)56)50-35-31-45(32-36-50)44-29-33-49(34-30-44)57(48-23-9-7-10-24-48)55-27-17-21-46-19-11-13-25-53(46)55/h7,9-14,17-40H,6,8,15-16,41-43H2,1-5H3. The zero-order valence-electron chi connectivity index (χ0n) is 38.0. The fraction of sp³-hybridized carbons (Fsp3) is 0.214. The van der Waals surface area contributed by atoms with Crippen molar-refractivity contribution in [3.8, 4) is 16.9 Å². The van der Waals surface area contributed by atoms with Gasteiger partial charge in [0.25, 0.3) is 8.68 Å². The zero-order chi connectivity index (χ0) is 44.5. The molecule has 1 unspecified atom stereocenters. The van der Waals surface area contributed by atoms with Crippen molar-refractivity contribution in [1.29, 1.82) is 0 Å². The summed E-state index contributed by atoms with van der Waals surface area (Å²) in [5.41, 5.74) is 9.76. The highest BCUT2D eigenvalue weighted by Gasteiger charge is 2.36. The maximum atomic E-state index is 12.6. The van der Waals surface area contributed by atoms with Crippen molar-refractivity contribution in [1.82, 2.24) is 0 Å². The molecule has 8 aromatic carbocycles. The third-order valence-corrected chi connectivity index (χ3v) is 23.0. The molecule has 8 aromatic rings. The Balaban J connectivity index is 0.994. The van der Waals surface area contributed by atoms with E-state index in [1.54, 1.807) is 0 Å². The number of hydrogen-bond donors (Lipinski definition) is 0. The van der Waals surface area contributed by atoms with E-state index in [2.05, 4.69) is 224 Å². The quantitative estimate of drug-likeness (QED) is 0.0598. The largest absolute Gasteiger partial charge is 0.494 e. The molecule has 0 N–H and O–H groups in total. The minimum absolute atomic E-state index is 0.668. The van der Waals surface area contributed by atoms with E-state index in [9.17, 15) is 4.46 Å². The first kappa shape index (κ1) is 44.7. The maximum absolute atomic E-state index is 12.6. The minimum Gasteiger partial charge on any atom is -0.494 e. The molecule has 5 nitrogen and oxygen atoms in total. The molecule has 0 saturated carbocycles. The van der Waals surface area contributed by atoms with Crippen LogP contribution in [0.4, 0.5) is 34.1 Å². The average molecular weight is 893 g/mol. The van der Waals surface area contributed by atoms with Gasteiger partial charge in [-0.25, -0.2) is 0 Å². The summed E-state index contributed by atoms with van der Waals surface area (Å²) in [7, 11) is -5.24. The van der Waals surface area contributed by atoms with Crippen LogP contribution in [0.25, 0.3) is 32.7 Å². The molecule has 8 rings (SSSR count). The SMILES string of the molecule is CC[Si](=O)C[Si](C)(CCCCCOc1ccc(N(c2ccc(-c3ccc(N(c4ccccc4)c4cccc5ccccc45)cc3)cc2)c2cccc3ccccc23)cc1)O[Si](C)(C)C. The van der Waals surface area contributed by atoms with Gasteiger partial charge in [-0.3, -0.25) is 0 Å². The Bertz CT molecular complexity index is 2780. The summed E-state index contributed by atoms with van der Waals surface area (Å²) in [5.74, 6) is 0.870. The van der Waals surface area contributed by atoms with Gasteiger partial charge in [-0.2, -0.15) is 0 Å². The van der Waals surface area contributed by atoms with Crippen LogP contribution < -0.4 is 14.5 Å². The van der Waals surface area contributed by atoms with Gasteiger partial charge in [-0.05, 0) is 139 Å². The molecular weight excluding hydrogens is 833 g/mol. The van der Waals surface area contributed by atoms with Gasteiger partial charge < -0.3 is 23.1 Å². The van der Waals surface area contributed by atoms with Crippen molar-refractivity contribution < 1.29 is 13.3 Å². The molecule has 0 radical (unpaired) electrons. The molecule has 324 valence electrons. The van der Waals surface area contributed by atoms with E-state index in [1.807, 2.05) is 6.92 Å². The highest BCUT2D eigenvalue weighted by Crippen LogP contribution is 2.42. The van der Waals surface area contributed by atoms with E-state index in [0.29, 0.717) is 6.61 Å². The highest BCUT2D eigenvalue weighted by atomic mass is 28.4. The lowest BCUT2D eigenvalue weighted by Gasteiger charge is -2.34. The van der Waals surface area contributed by atoms with Gasteiger partial charge >= 0.3 is 0 Å². The Morgan fingerprint density at radius 3 is 1.44 bits per heavy atom. The van der Waals surface area contributed by atoms with Crippen LogP contribution in [0.15, 0.2) is 188 Å². The Labute approximate surface area is 383 Å². The van der Waals surface area contributed by atoms with Crippen molar-refractivity contribution in [3.05, 3.63) is 188 Å². The molecule has 1 atom stereocenters. The number of fused-ring (bicyclic) bond motifs is 2. The van der Waals surface area contributed by atoms with Gasteiger partial charge in [0.2, 0.25) is 0 Å². The molecule has 8 heteroatoms. The molecular formula is C56H60N2O3Si3. The van der Waals surface area contributed by atoms with Crippen LogP contribution in [0, 0.1) is 0 Å². The Morgan fingerprint density at radius 1 is 0.484 bits per heavy atom. The monoisotopic (exact) mass is 892 g/mol. The topological polar surface area (TPSA) is 42.0 Å². The molecule has 0 aliphatic carbocycles. The molecule has 0 aliphatic heterocycles. The summed E-state index contributed by atoms with van der Waals surface area (Å²) in [4.78, 5) is 4.69. The number of hydrogen-bond acceptors (Lipinski definition) is 5. The molecule has 0 heterocycles. The molecule has 0 fully saturated rings. The summed E-state index contributed by atoms with van der Waals surface area (Å²) in [6.07, 6.45) is 3.15. The Kier molecular flexibility index (Phi) is 14.2. The lowest BCUT2D eigenvalue weighted by molar-refractivity contribution is 0.306. The fourth-order valence-corrected chi connectivity index (χ4v) is 22.3. The smallest absolute Gasteiger partial charge is 0.275 e. The van der Waals surface area contributed by atoms with Crippen molar-refractivity contribution in [2.24, 2.45) is 0 Å². The predicted molar refractivity (Wildman–Crippen MR) is 278 cm³/mol. The van der Waals surface area contributed by atoms with Crippen LogP contribution >= 0.6 is 0 Å². The van der Waals surface area contributed by atoms with Gasteiger partial charge in [-0.15, -0.1) is 0 Å². The first-order chi connectivity index (χ1) is 31.1. The normalized spacial score (nSPS) is 12.5. The summed E-state index contributed by atoms with van der Waals surface area (Å²) >= 11 is 0. The summed E-state index contributed by atoms with van der Waals surface area (Å²) in [5, 5.41) is 4.82. The van der Waals surface area contributed by atoms with E-state index in [-0.39, 0.29) is 0 Å². The van der Waals surface area contributed by atoms with E-state index < -0.39 is 25.3 Å². The second-order valence-electron chi connectivity index (χ2n) is 18.0. The second-order valence-corrected chi connectivity index (χ2v) is 29.6. The first-order valence-corrected chi connectivity index (χ1v) is 30.9. The van der Waals surface area contributed by atoms with Crippen molar-refractivity contribution >= 4 is 81.0 Å². The number of unbranched alkanes of at least 4 members (excludes halogenated alkanes) is 2. The molecule has 0 aliphatic rings.